The van der Waals surface area contributed by atoms with E-state index in [-0.39, 0.29) is 11.3 Å². The Morgan fingerprint density at radius 1 is 1.31 bits per heavy atom. The molecule has 1 rings (SSSR count). The molecule has 0 aliphatic heterocycles. The monoisotopic (exact) mass is 220 g/mol. The molecule has 0 radical (unpaired) electrons. The first-order valence-electron chi connectivity index (χ1n) is 5.52. The lowest BCUT2D eigenvalue weighted by Crippen LogP contribution is -2.34. The molecule has 16 heavy (non-hydrogen) atoms. The number of nitrogen functional groups attached to an aromatic ring is 1. The number of amides is 1. The van der Waals surface area contributed by atoms with Crippen LogP contribution in [-0.4, -0.2) is 13.0 Å². The predicted octanol–water partition coefficient (Wildman–Crippen LogP) is 1.97. The number of hydrogen-bond acceptors (Lipinski definition) is 2. The smallest absolute Gasteiger partial charge is 0.225 e. The van der Waals surface area contributed by atoms with Crippen molar-refractivity contribution in [2.45, 2.75) is 26.7 Å². The highest BCUT2D eigenvalue weighted by atomic mass is 16.2. The molecule has 3 heteroatoms. The van der Waals surface area contributed by atoms with Gasteiger partial charge in [0, 0.05) is 18.2 Å². The Labute approximate surface area is 97.0 Å². The molecule has 3 N–H and O–H groups in total. The van der Waals surface area contributed by atoms with Crippen molar-refractivity contribution in [1.29, 1.82) is 0 Å². The van der Waals surface area contributed by atoms with E-state index in [2.05, 4.69) is 5.32 Å². The molecule has 0 heterocycles. The van der Waals surface area contributed by atoms with Crippen LogP contribution in [0.1, 0.15) is 25.8 Å². The number of aryl methyl sites for hydroxylation is 1. The quantitative estimate of drug-likeness (QED) is 0.762. The van der Waals surface area contributed by atoms with Crippen LogP contribution in [0.15, 0.2) is 24.3 Å². The molecule has 0 aliphatic carbocycles. The zero-order valence-corrected chi connectivity index (χ0v) is 10.2. The van der Waals surface area contributed by atoms with Gasteiger partial charge in [0.2, 0.25) is 5.91 Å². The van der Waals surface area contributed by atoms with E-state index in [9.17, 15) is 4.79 Å². The Balaban J connectivity index is 2.57. The summed E-state index contributed by atoms with van der Waals surface area (Å²) in [5, 5.41) is 2.69. The molecule has 0 fully saturated rings. The topological polar surface area (TPSA) is 55.1 Å². The first-order valence-corrected chi connectivity index (χ1v) is 5.52. The molecule has 1 amide bonds. The number of carbonyl (C=O) groups excluding carboxylic acids is 1. The van der Waals surface area contributed by atoms with Gasteiger partial charge in [0.05, 0.1) is 0 Å². The van der Waals surface area contributed by atoms with E-state index in [0.29, 0.717) is 0 Å². The van der Waals surface area contributed by atoms with Crippen LogP contribution < -0.4 is 11.1 Å². The summed E-state index contributed by atoms with van der Waals surface area (Å²) in [7, 11) is 1.67. The second kappa shape index (κ2) is 5.01. The molecular weight excluding hydrogens is 200 g/mol. The second-order valence-corrected chi connectivity index (χ2v) is 4.70. The fourth-order valence-electron chi connectivity index (χ4n) is 1.59. The molecular formula is C13H20N2O. The van der Waals surface area contributed by atoms with Gasteiger partial charge in [-0.05, 0) is 30.5 Å². The van der Waals surface area contributed by atoms with E-state index in [0.717, 1.165) is 18.5 Å². The summed E-state index contributed by atoms with van der Waals surface area (Å²) in [4.78, 5) is 11.6. The molecule has 0 atom stereocenters. The van der Waals surface area contributed by atoms with Crippen molar-refractivity contribution in [3.05, 3.63) is 29.8 Å². The van der Waals surface area contributed by atoms with Gasteiger partial charge in [0.1, 0.15) is 0 Å². The maximum Gasteiger partial charge on any atom is 0.225 e. The van der Waals surface area contributed by atoms with Crippen molar-refractivity contribution < 1.29 is 4.79 Å². The third-order valence-electron chi connectivity index (χ3n) is 2.86. The summed E-state index contributed by atoms with van der Waals surface area (Å²) in [6, 6.07) is 7.80. The third kappa shape index (κ3) is 3.26. The molecule has 0 aromatic heterocycles. The Kier molecular flexibility index (Phi) is 3.93. The summed E-state index contributed by atoms with van der Waals surface area (Å²) in [6.07, 6.45) is 1.72. The van der Waals surface area contributed by atoms with Crippen molar-refractivity contribution in [1.82, 2.24) is 5.32 Å². The van der Waals surface area contributed by atoms with Crippen LogP contribution in [0, 0.1) is 5.41 Å². The van der Waals surface area contributed by atoms with Gasteiger partial charge in [0.25, 0.3) is 0 Å². The van der Waals surface area contributed by atoms with E-state index in [1.807, 2.05) is 38.1 Å². The second-order valence-electron chi connectivity index (χ2n) is 4.70. The highest BCUT2D eigenvalue weighted by molar-refractivity contribution is 5.81. The van der Waals surface area contributed by atoms with Crippen molar-refractivity contribution >= 4 is 11.6 Å². The van der Waals surface area contributed by atoms with E-state index >= 15 is 0 Å². The summed E-state index contributed by atoms with van der Waals surface area (Å²) in [5.41, 5.74) is 7.28. The zero-order chi connectivity index (χ0) is 12.2. The van der Waals surface area contributed by atoms with Gasteiger partial charge in [-0.15, -0.1) is 0 Å². The van der Waals surface area contributed by atoms with Crippen molar-refractivity contribution in [3.63, 3.8) is 0 Å². The summed E-state index contributed by atoms with van der Waals surface area (Å²) < 4.78 is 0. The number of rotatable bonds is 4. The normalized spacial score (nSPS) is 11.2. The first kappa shape index (κ1) is 12.6. The van der Waals surface area contributed by atoms with Crippen molar-refractivity contribution in [2.24, 2.45) is 5.41 Å². The molecule has 0 spiro atoms. The minimum Gasteiger partial charge on any atom is -0.399 e. The third-order valence-corrected chi connectivity index (χ3v) is 2.86. The molecule has 0 aliphatic rings. The molecule has 88 valence electrons. The molecule has 3 nitrogen and oxygen atoms in total. The van der Waals surface area contributed by atoms with Crippen LogP contribution >= 0.6 is 0 Å². The fourth-order valence-corrected chi connectivity index (χ4v) is 1.59. The van der Waals surface area contributed by atoms with Gasteiger partial charge < -0.3 is 11.1 Å². The van der Waals surface area contributed by atoms with Crippen LogP contribution in [0.3, 0.4) is 0 Å². The molecule has 0 saturated heterocycles. The van der Waals surface area contributed by atoms with Crippen LogP contribution in [0.2, 0.25) is 0 Å². The number of hydrogen-bond donors (Lipinski definition) is 2. The van der Waals surface area contributed by atoms with Crippen LogP contribution in [0.5, 0.6) is 0 Å². The van der Waals surface area contributed by atoms with Gasteiger partial charge in [-0.1, -0.05) is 26.0 Å². The van der Waals surface area contributed by atoms with Crippen LogP contribution in [-0.2, 0) is 11.2 Å². The minimum absolute atomic E-state index is 0.0861. The van der Waals surface area contributed by atoms with Crippen LogP contribution in [0.25, 0.3) is 0 Å². The average Bonchev–Trinajstić information content (AvgIpc) is 2.27. The van der Waals surface area contributed by atoms with Gasteiger partial charge in [-0.2, -0.15) is 0 Å². The number of nitrogens with one attached hydrogen (secondary N) is 1. The largest absolute Gasteiger partial charge is 0.399 e. The Morgan fingerprint density at radius 2 is 1.88 bits per heavy atom. The first-order chi connectivity index (χ1) is 7.45. The lowest BCUT2D eigenvalue weighted by atomic mass is 9.85. The maximum atomic E-state index is 11.6. The van der Waals surface area contributed by atoms with Crippen LogP contribution in [0.4, 0.5) is 5.69 Å². The number of carbonyl (C=O) groups is 1. The minimum atomic E-state index is -0.323. The van der Waals surface area contributed by atoms with Gasteiger partial charge in [-0.3, -0.25) is 4.79 Å². The molecule has 1 aromatic rings. The van der Waals surface area contributed by atoms with Crippen molar-refractivity contribution in [3.8, 4) is 0 Å². The van der Waals surface area contributed by atoms with Gasteiger partial charge in [0.15, 0.2) is 0 Å². The molecule has 0 unspecified atom stereocenters. The summed E-state index contributed by atoms with van der Waals surface area (Å²) in [5.74, 6) is 0.0861. The summed E-state index contributed by atoms with van der Waals surface area (Å²) >= 11 is 0. The standard InChI is InChI=1S/C13H20N2O/c1-13(2,12(16)15-3)9-8-10-4-6-11(14)7-5-10/h4-7H,8-9,14H2,1-3H3,(H,15,16). The number of anilines is 1. The van der Waals surface area contributed by atoms with E-state index in [1.165, 1.54) is 5.56 Å². The molecule has 1 aromatic carbocycles. The van der Waals surface area contributed by atoms with E-state index < -0.39 is 0 Å². The maximum absolute atomic E-state index is 11.6. The van der Waals surface area contributed by atoms with E-state index in [1.54, 1.807) is 7.05 Å². The number of benzene rings is 1. The lowest BCUT2D eigenvalue weighted by Gasteiger charge is -2.22. The Hall–Kier alpha value is -1.51. The molecule has 0 saturated carbocycles. The SMILES string of the molecule is CNC(=O)C(C)(C)CCc1ccc(N)cc1. The van der Waals surface area contributed by atoms with E-state index in [4.69, 9.17) is 5.73 Å². The fraction of sp³-hybridized carbons (Fsp3) is 0.462. The van der Waals surface area contributed by atoms with Gasteiger partial charge >= 0.3 is 0 Å². The Bertz CT molecular complexity index is 355. The lowest BCUT2D eigenvalue weighted by molar-refractivity contribution is -0.129. The summed E-state index contributed by atoms with van der Waals surface area (Å²) in [6.45, 7) is 3.92. The predicted molar refractivity (Wildman–Crippen MR) is 67.0 cm³/mol. The highest BCUT2D eigenvalue weighted by Crippen LogP contribution is 2.23. The number of nitrogens with two attached hydrogens (primary N) is 1. The Morgan fingerprint density at radius 3 is 2.38 bits per heavy atom. The molecule has 0 bridgehead atoms. The average molecular weight is 220 g/mol. The highest BCUT2D eigenvalue weighted by Gasteiger charge is 2.25. The van der Waals surface area contributed by atoms with Gasteiger partial charge in [-0.25, -0.2) is 0 Å². The zero-order valence-electron chi connectivity index (χ0n) is 10.2. The van der Waals surface area contributed by atoms with Crippen molar-refractivity contribution in [2.75, 3.05) is 12.8 Å².